The van der Waals surface area contributed by atoms with Crippen molar-refractivity contribution in [3.8, 4) is 16.9 Å². The van der Waals surface area contributed by atoms with Gasteiger partial charge in [0, 0.05) is 17.7 Å². The van der Waals surface area contributed by atoms with Crippen molar-refractivity contribution < 1.29 is 34.4 Å². The predicted octanol–water partition coefficient (Wildman–Crippen LogP) is 4.07. The number of amides is 1. The third-order valence-electron chi connectivity index (χ3n) is 10.6. The number of hydrogen-bond acceptors (Lipinski definition) is 8. The Morgan fingerprint density at radius 1 is 1.11 bits per heavy atom. The molecule has 9 nitrogen and oxygen atoms in total. The third kappa shape index (κ3) is 5.03. The van der Waals surface area contributed by atoms with Crippen molar-refractivity contribution in [3.05, 3.63) is 69.7 Å². The summed E-state index contributed by atoms with van der Waals surface area (Å²) in [5.74, 6) is -4.74. The van der Waals surface area contributed by atoms with E-state index < -0.39 is 58.2 Å². The predicted molar refractivity (Wildman–Crippen MR) is 167 cm³/mol. The van der Waals surface area contributed by atoms with Crippen LogP contribution < -0.4 is 5.73 Å². The number of benzene rings is 2. The summed E-state index contributed by atoms with van der Waals surface area (Å²) in [6.07, 6.45) is 2.74. The Labute approximate surface area is 262 Å². The lowest BCUT2D eigenvalue weighted by molar-refractivity contribution is -0.139. The first kappa shape index (κ1) is 31.3. The quantitative estimate of drug-likeness (QED) is 0.337. The Morgan fingerprint density at radius 2 is 1.80 bits per heavy atom. The number of Topliss-reactive ketones (excluding diaryl/α,β-unsaturated/α-hetero) is 1. The largest absolute Gasteiger partial charge is 0.510 e. The SMILES string of the molecule is CC1CCN(Cc2ccc(F)c(-c3ccc(O)c4c3CC3CC5C(C(=O)C3=C4O)[C@](C)(O)C(C(N)=O)=C(O)[C@H]5N(C)C)c2)CC1. The number of aliphatic hydroxyl groups is 3. The Kier molecular flexibility index (Phi) is 7.82. The number of primary amides is 1. The van der Waals surface area contributed by atoms with E-state index in [1.807, 2.05) is 6.07 Å². The van der Waals surface area contributed by atoms with Crippen LogP contribution >= 0.6 is 0 Å². The number of piperidine rings is 1. The number of aromatic hydroxyl groups is 1. The number of fused-ring (bicyclic) bond motifs is 3. The molecule has 0 spiro atoms. The van der Waals surface area contributed by atoms with Crippen molar-refractivity contribution in [2.24, 2.45) is 29.4 Å². The van der Waals surface area contributed by atoms with E-state index in [0.29, 0.717) is 29.2 Å². The first-order valence-electron chi connectivity index (χ1n) is 15.7. The fourth-order valence-electron chi connectivity index (χ4n) is 8.49. The molecule has 3 unspecified atom stereocenters. The van der Waals surface area contributed by atoms with Crippen LogP contribution in [-0.2, 0) is 22.6 Å². The van der Waals surface area contributed by atoms with Crippen LogP contribution in [0.2, 0.25) is 0 Å². The van der Waals surface area contributed by atoms with E-state index in [1.165, 1.54) is 19.1 Å². The maximum Gasteiger partial charge on any atom is 0.251 e. The van der Waals surface area contributed by atoms with Crippen molar-refractivity contribution in [1.82, 2.24) is 9.80 Å². The van der Waals surface area contributed by atoms with Gasteiger partial charge in [-0.1, -0.05) is 19.1 Å². The number of allylic oxidation sites excluding steroid dienone is 1. The van der Waals surface area contributed by atoms with Gasteiger partial charge in [0.2, 0.25) is 0 Å². The van der Waals surface area contributed by atoms with Crippen LogP contribution in [0.3, 0.4) is 0 Å². The van der Waals surface area contributed by atoms with Crippen molar-refractivity contribution in [3.63, 3.8) is 0 Å². The second kappa shape index (κ2) is 11.3. The van der Waals surface area contributed by atoms with Gasteiger partial charge in [-0.05, 0) is 112 Å². The minimum atomic E-state index is -2.09. The molecule has 1 amide bonds. The molecule has 0 bridgehead atoms. The minimum Gasteiger partial charge on any atom is -0.510 e. The van der Waals surface area contributed by atoms with Crippen molar-refractivity contribution in [2.45, 2.75) is 57.7 Å². The van der Waals surface area contributed by atoms with Gasteiger partial charge in [0.15, 0.2) is 5.78 Å². The Bertz CT molecular complexity index is 1640. The zero-order valence-corrected chi connectivity index (χ0v) is 26.2. The average molecular weight is 620 g/mol. The highest BCUT2D eigenvalue weighted by Gasteiger charge is 2.60. The molecule has 3 aliphatic carbocycles. The Balaban J connectivity index is 1.44. The van der Waals surface area contributed by atoms with Gasteiger partial charge in [-0.3, -0.25) is 19.4 Å². The van der Waals surface area contributed by atoms with Gasteiger partial charge in [0.25, 0.3) is 5.91 Å². The molecular formula is C35H42FN3O6. The van der Waals surface area contributed by atoms with Gasteiger partial charge in [-0.15, -0.1) is 0 Å². The third-order valence-corrected chi connectivity index (χ3v) is 10.6. The summed E-state index contributed by atoms with van der Waals surface area (Å²) in [5.41, 5.74) is 5.53. The van der Waals surface area contributed by atoms with Gasteiger partial charge in [0.1, 0.15) is 28.7 Å². The monoisotopic (exact) mass is 619 g/mol. The van der Waals surface area contributed by atoms with Crippen molar-refractivity contribution >= 4 is 17.4 Å². The summed E-state index contributed by atoms with van der Waals surface area (Å²) in [7, 11) is 3.41. The molecule has 5 atom stereocenters. The van der Waals surface area contributed by atoms with E-state index >= 15 is 4.39 Å². The first-order valence-corrected chi connectivity index (χ1v) is 15.7. The normalized spacial score (nSPS) is 29.1. The lowest BCUT2D eigenvalue weighted by Gasteiger charge is -2.52. The van der Waals surface area contributed by atoms with Crippen LogP contribution in [-0.4, -0.2) is 80.7 Å². The number of carbonyl (C=O) groups excluding carboxylic acids is 2. The van der Waals surface area contributed by atoms with Crippen LogP contribution in [0.15, 0.2) is 47.2 Å². The number of nitrogens with zero attached hydrogens (tertiary/aromatic N) is 2. The topological polar surface area (TPSA) is 148 Å². The molecule has 10 heteroatoms. The second-order valence-electron chi connectivity index (χ2n) is 13.8. The van der Waals surface area contributed by atoms with Crippen LogP contribution in [0.4, 0.5) is 4.39 Å². The molecule has 6 rings (SSSR count). The molecule has 4 aliphatic rings. The molecule has 1 saturated heterocycles. The second-order valence-corrected chi connectivity index (χ2v) is 13.8. The van der Waals surface area contributed by atoms with Crippen LogP contribution in [0.25, 0.3) is 16.9 Å². The summed E-state index contributed by atoms with van der Waals surface area (Å²) in [6.45, 7) is 6.19. The molecule has 0 aromatic heterocycles. The molecule has 1 heterocycles. The van der Waals surface area contributed by atoms with E-state index in [2.05, 4.69) is 11.8 Å². The minimum absolute atomic E-state index is 0.0488. The summed E-state index contributed by atoms with van der Waals surface area (Å²) >= 11 is 0. The lowest BCUT2D eigenvalue weighted by Crippen LogP contribution is -2.61. The number of likely N-dealkylation sites (tertiary alicyclic amines) is 1. The highest BCUT2D eigenvalue weighted by Crippen LogP contribution is 2.55. The van der Waals surface area contributed by atoms with Gasteiger partial charge in [-0.2, -0.15) is 0 Å². The fraction of sp³-hybridized carbons (Fsp3) is 0.486. The number of likely N-dealkylation sites (N-methyl/N-ethyl adjacent to an activating group) is 1. The number of carbonyl (C=O) groups is 2. The molecule has 6 N–H and O–H groups in total. The van der Waals surface area contributed by atoms with Gasteiger partial charge < -0.3 is 26.2 Å². The molecule has 2 fully saturated rings. The average Bonchev–Trinajstić information content (AvgIpc) is 2.94. The van der Waals surface area contributed by atoms with Crippen LogP contribution in [0, 0.1) is 29.5 Å². The lowest BCUT2D eigenvalue weighted by atomic mass is 9.55. The molecule has 0 radical (unpaired) electrons. The van der Waals surface area contributed by atoms with E-state index in [4.69, 9.17) is 5.73 Å². The number of aliphatic hydroxyl groups excluding tert-OH is 2. The molecule has 1 aliphatic heterocycles. The van der Waals surface area contributed by atoms with Gasteiger partial charge >= 0.3 is 0 Å². The van der Waals surface area contributed by atoms with E-state index in [0.717, 1.165) is 31.5 Å². The van der Waals surface area contributed by atoms with E-state index in [-0.39, 0.29) is 35.5 Å². The fourth-order valence-corrected chi connectivity index (χ4v) is 8.49. The Hall–Kier alpha value is -3.73. The number of hydrogen-bond donors (Lipinski definition) is 5. The Morgan fingerprint density at radius 3 is 2.44 bits per heavy atom. The molecule has 240 valence electrons. The highest BCUT2D eigenvalue weighted by atomic mass is 19.1. The first-order chi connectivity index (χ1) is 21.2. The number of rotatable bonds is 5. The number of halogens is 1. The summed E-state index contributed by atoms with van der Waals surface area (Å²) in [5, 5.41) is 45.4. The van der Waals surface area contributed by atoms with Gasteiger partial charge in [0.05, 0.1) is 23.1 Å². The molecule has 2 aromatic carbocycles. The summed E-state index contributed by atoms with van der Waals surface area (Å²) in [6, 6.07) is 7.31. The number of nitrogens with two attached hydrogens (primary N) is 1. The number of phenols is 1. The molecule has 45 heavy (non-hydrogen) atoms. The van der Waals surface area contributed by atoms with Crippen LogP contribution in [0.1, 0.15) is 49.8 Å². The van der Waals surface area contributed by atoms with Crippen molar-refractivity contribution in [1.29, 1.82) is 0 Å². The van der Waals surface area contributed by atoms with Crippen molar-refractivity contribution in [2.75, 3.05) is 27.2 Å². The molecular weight excluding hydrogens is 577 g/mol. The molecule has 2 aromatic rings. The maximum absolute atomic E-state index is 15.5. The zero-order chi connectivity index (χ0) is 32.5. The summed E-state index contributed by atoms with van der Waals surface area (Å²) in [4.78, 5) is 30.7. The smallest absolute Gasteiger partial charge is 0.251 e. The zero-order valence-electron chi connectivity index (χ0n) is 26.2. The molecule has 1 saturated carbocycles. The van der Waals surface area contributed by atoms with Crippen LogP contribution in [0.5, 0.6) is 5.75 Å². The number of ketones is 1. The number of phenolic OH excluding ortho intramolecular Hbond substituents is 1. The maximum atomic E-state index is 15.5. The van der Waals surface area contributed by atoms with Gasteiger partial charge in [-0.25, -0.2) is 4.39 Å². The summed E-state index contributed by atoms with van der Waals surface area (Å²) < 4.78 is 15.5. The standard InChI is InChI=1S/C35H42FN3O6/c1-17-9-11-39(12-10-17)16-18-5-7-24(36)21(13-18)20-6-8-25(40)27-22(20)14-19-15-23-28(32(42)26(19)31(27)41)35(2,45)29(34(37)44)33(43)30(23)38(3)4/h5-8,13,17,19,23,28,30,40-41,43,45H,9-12,14-16H2,1-4H3,(H2,37,44)/t19?,23?,28?,30-,35-/m0/s1. The highest BCUT2D eigenvalue weighted by molar-refractivity contribution is 6.08. The van der Waals surface area contributed by atoms with E-state index in [1.54, 1.807) is 31.1 Å². The van der Waals surface area contributed by atoms with E-state index in [9.17, 15) is 30.0 Å².